The van der Waals surface area contributed by atoms with Crippen LogP contribution in [0, 0.1) is 10.8 Å². The Morgan fingerprint density at radius 2 is 1.54 bits per heavy atom. The van der Waals surface area contributed by atoms with E-state index in [1.165, 1.54) is 32.1 Å². The first-order valence-electron chi connectivity index (χ1n) is 15.0. The highest BCUT2D eigenvalue weighted by Gasteiger charge is 2.51. The molecule has 218 valence electrons. The summed E-state index contributed by atoms with van der Waals surface area (Å²) in [6.45, 7) is 20.0. The van der Waals surface area contributed by atoms with Crippen LogP contribution in [0.1, 0.15) is 112 Å². The summed E-state index contributed by atoms with van der Waals surface area (Å²) in [5.74, 6) is 0. The molecule has 5 atom stereocenters. The van der Waals surface area contributed by atoms with E-state index >= 15 is 0 Å². The molecule has 1 aliphatic heterocycles. The molecule has 0 amide bonds. The summed E-state index contributed by atoms with van der Waals surface area (Å²) in [6, 6.07) is 0.567. The average molecular weight is 558 g/mol. The molecule has 5 N–H and O–H groups in total. The van der Waals surface area contributed by atoms with Crippen molar-refractivity contribution in [1.82, 2.24) is 10.0 Å². The number of hydrogen-bond donors (Lipinski definition) is 4. The van der Waals surface area contributed by atoms with Gasteiger partial charge in [0.25, 0.3) is 0 Å². The van der Waals surface area contributed by atoms with Crippen LogP contribution in [0.15, 0.2) is 0 Å². The Morgan fingerprint density at radius 1 is 0.946 bits per heavy atom. The number of piperidine rings is 1. The summed E-state index contributed by atoms with van der Waals surface area (Å²) < 4.78 is 22.9. The van der Waals surface area contributed by atoms with Crippen LogP contribution in [0.4, 0.5) is 0 Å². The normalized spacial score (nSPS) is 32.8. The van der Waals surface area contributed by atoms with Gasteiger partial charge < -0.3 is 20.6 Å². The molecule has 1 saturated heterocycles. The van der Waals surface area contributed by atoms with Gasteiger partial charge in [-0.3, -0.25) is 0 Å². The van der Waals surface area contributed by atoms with Gasteiger partial charge in [0.2, 0.25) is 0 Å². The Balaban J connectivity index is 0.000000262. The van der Waals surface area contributed by atoms with Crippen molar-refractivity contribution in [3.63, 3.8) is 0 Å². The molecule has 2 spiro atoms. The van der Waals surface area contributed by atoms with Crippen molar-refractivity contribution in [3.8, 4) is 0 Å². The predicted octanol–water partition coefficient (Wildman–Crippen LogP) is 5.38. The minimum Gasteiger partial charge on any atom is -0.414 e. The van der Waals surface area contributed by atoms with Crippen LogP contribution in [0.3, 0.4) is 0 Å². The maximum atomic E-state index is 12.8. The van der Waals surface area contributed by atoms with Crippen molar-refractivity contribution in [2.24, 2.45) is 16.6 Å². The highest BCUT2D eigenvalue weighted by molar-refractivity contribution is 7.84. The van der Waals surface area contributed by atoms with Crippen molar-refractivity contribution in [2.45, 2.75) is 159 Å². The van der Waals surface area contributed by atoms with Crippen LogP contribution < -0.4 is 15.8 Å². The lowest BCUT2D eigenvalue weighted by molar-refractivity contribution is 0.131. The molecular weight excluding hydrogens is 498 g/mol. The van der Waals surface area contributed by atoms with Gasteiger partial charge in [-0.05, 0) is 114 Å². The SMILES string of the molecule is CC(C)(C)[S@@](=O)N[C@@H]1C[C@H](O[Si](C)(C)C(C)(C)C)CC12CCCCC2.N[C@@H]1C[C@H](O)CC12CCNCC2. The highest BCUT2D eigenvalue weighted by atomic mass is 32.2. The second-order valence-corrected chi connectivity index (χ2v) is 22.0. The molecule has 0 aromatic heterocycles. The maximum Gasteiger partial charge on any atom is 0.192 e. The molecule has 4 fully saturated rings. The first kappa shape index (κ1) is 31.7. The van der Waals surface area contributed by atoms with E-state index in [4.69, 9.17) is 10.2 Å². The van der Waals surface area contributed by atoms with Crippen LogP contribution in [0.2, 0.25) is 18.1 Å². The van der Waals surface area contributed by atoms with Gasteiger partial charge in [0, 0.05) is 18.2 Å². The third kappa shape index (κ3) is 7.68. The minimum atomic E-state index is -1.76. The van der Waals surface area contributed by atoms with E-state index in [1.807, 2.05) is 0 Å². The predicted molar refractivity (Wildman–Crippen MR) is 159 cm³/mol. The van der Waals surface area contributed by atoms with Crippen LogP contribution in [0.25, 0.3) is 0 Å². The van der Waals surface area contributed by atoms with Gasteiger partial charge in [0.15, 0.2) is 8.32 Å². The Bertz CT molecular complexity index is 767. The second-order valence-electron chi connectivity index (χ2n) is 15.2. The third-order valence-corrected chi connectivity index (χ3v) is 16.5. The maximum absolute atomic E-state index is 12.8. The molecule has 0 aromatic carbocycles. The van der Waals surface area contributed by atoms with E-state index < -0.39 is 19.3 Å². The standard InChI is InChI=1S/C20H41NO2SSi.C9H18N2O/c1-18(2,3)24(22)21-17-14-16(23-25(7,8)19(4,5)6)15-20(17)12-10-9-11-13-20;10-8-5-7(12)6-9(8)1-3-11-4-2-9/h16-17,21H,9-15H2,1-8H3;7-8,11-12H,1-6,10H2/t16-,17+,24+;7-,8+/m00/s1. The number of hydrogen-bond acceptors (Lipinski definition) is 5. The number of nitrogens with one attached hydrogen (secondary N) is 2. The van der Waals surface area contributed by atoms with Gasteiger partial charge in [-0.25, -0.2) is 8.93 Å². The zero-order valence-electron chi connectivity index (χ0n) is 25.3. The van der Waals surface area contributed by atoms with Crippen LogP contribution >= 0.6 is 0 Å². The number of nitrogens with two attached hydrogens (primary N) is 1. The molecule has 3 aliphatic carbocycles. The topological polar surface area (TPSA) is 96.6 Å². The second kappa shape index (κ2) is 12.0. The van der Waals surface area contributed by atoms with Gasteiger partial charge in [0.1, 0.15) is 0 Å². The molecule has 0 aromatic rings. The van der Waals surface area contributed by atoms with Gasteiger partial charge in [-0.15, -0.1) is 0 Å². The lowest BCUT2D eigenvalue weighted by atomic mass is 9.70. The molecule has 1 heterocycles. The molecular formula is C29H59N3O3SSi. The van der Waals surface area contributed by atoms with Crippen molar-refractivity contribution < 1.29 is 13.7 Å². The van der Waals surface area contributed by atoms with Gasteiger partial charge in [-0.2, -0.15) is 0 Å². The van der Waals surface area contributed by atoms with E-state index in [-0.39, 0.29) is 27.3 Å². The summed E-state index contributed by atoms with van der Waals surface area (Å²) >= 11 is 0. The number of rotatable bonds is 4. The fourth-order valence-electron chi connectivity index (χ4n) is 6.91. The van der Waals surface area contributed by atoms with E-state index in [0.29, 0.717) is 17.6 Å². The van der Waals surface area contributed by atoms with E-state index in [1.54, 1.807) is 0 Å². The summed E-state index contributed by atoms with van der Waals surface area (Å²) in [4.78, 5) is 0. The van der Waals surface area contributed by atoms with Crippen molar-refractivity contribution >= 4 is 19.3 Å². The zero-order valence-corrected chi connectivity index (χ0v) is 27.1. The Labute approximate surface area is 231 Å². The van der Waals surface area contributed by atoms with Gasteiger partial charge >= 0.3 is 0 Å². The van der Waals surface area contributed by atoms with E-state index in [2.05, 4.69) is 64.7 Å². The Morgan fingerprint density at radius 3 is 2.03 bits per heavy atom. The number of aliphatic hydroxyl groups is 1. The quantitative estimate of drug-likeness (QED) is 0.348. The largest absolute Gasteiger partial charge is 0.414 e. The van der Waals surface area contributed by atoms with Crippen LogP contribution in [0.5, 0.6) is 0 Å². The minimum absolute atomic E-state index is 0.141. The summed E-state index contributed by atoms with van der Waals surface area (Å²) in [6.07, 6.45) is 12.9. The monoisotopic (exact) mass is 557 g/mol. The summed E-state index contributed by atoms with van der Waals surface area (Å²) in [5.41, 5.74) is 6.61. The van der Waals surface area contributed by atoms with Crippen LogP contribution in [-0.2, 0) is 15.4 Å². The summed E-state index contributed by atoms with van der Waals surface area (Å²) in [7, 11) is -2.76. The molecule has 37 heavy (non-hydrogen) atoms. The lowest BCUT2D eigenvalue weighted by Gasteiger charge is -2.40. The Hall–Kier alpha value is 0.167. The van der Waals surface area contributed by atoms with Crippen molar-refractivity contribution in [1.29, 1.82) is 0 Å². The molecule has 4 rings (SSSR count). The fraction of sp³-hybridized carbons (Fsp3) is 1.00. The van der Waals surface area contributed by atoms with Gasteiger partial charge in [0.05, 0.1) is 21.8 Å². The van der Waals surface area contributed by atoms with Crippen molar-refractivity contribution in [2.75, 3.05) is 13.1 Å². The van der Waals surface area contributed by atoms with E-state index in [9.17, 15) is 9.32 Å². The van der Waals surface area contributed by atoms with E-state index in [0.717, 1.165) is 51.6 Å². The average Bonchev–Trinajstić information content (AvgIpc) is 3.22. The fourth-order valence-corrected chi connectivity index (χ4v) is 9.23. The molecule has 0 bridgehead atoms. The van der Waals surface area contributed by atoms with Crippen molar-refractivity contribution in [3.05, 3.63) is 0 Å². The Kier molecular flexibility index (Phi) is 10.2. The first-order chi connectivity index (χ1) is 17.0. The molecule has 3 saturated carbocycles. The molecule has 6 nitrogen and oxygen atoms in total. The molecule has 0 radical (unpaired) electrons. The smallest absolute Gasteiger partial charge is 0.192 e. The number of aliphatic hydroxyl groups excluding tert-OH is 1. The summed E-state index contributed by atoms with van der Waals surface area (Å²) in [5, 5.41) is 13.1. The molecule has 4 aliphatic rings. The van der Waals surface area contributed by atoms with Crippen LogP contribution in [-0.4, -0.2) is 59.8 Å². The first-order valence-corrected chi connectivity index (χ1v) is 19.1. The van der Waals surface area contributed by atoms with Gasteiger partial charge in [-0.1, -0.05) is 40.0 Å². The zero-order chi connectivity index (χ0) is 27.7. The highest BCUT2D eigenvalue weighted by Crippen LogP contribution is 2.52. The molecule has 8 heteroatoms. The third-order valence-electron chi connectivity index (χ3n) is 10.3. The molecule has 0 unspecified atom stereocenters. The lowest BCUT2D eigenvalue weighted by Crippen LogP contribution is -2.47.